The third-order valence-electron chi connectivity index (χ3n) is 4.74. The lowest BCUT2D eigenvalue weighted by atomic mass is 9.79. The molecule has 1 heterocycles. The van der Waals surface area contributed by atoms with Crippen LogP contribution in [-0.4, -0.2) is 44.3 Å². The second kappa shape index (κ2) is 7.95. The molecule has 0 spiro atoms. The fraction of sp³-hybridized carbons (Fsp3) is 0.611. The first-order chi connectivity index (χ1) is 10.9. The van der Waals surface area contributed by atoms with Crippen molar-refractivity contribution in [2.24, 2.45) is 5.92 Å². The van der Waals surface area contributed by atoms with Crippen LogP contribution >= 0.6 is 0 Å². The normalized spacial score (nSPS) is 22.1. The fourth-order valence-corrected chi connectivity index (χ4v) is 4.12. The highest BCUT2D eigenvalue weighted by Gasteiger charge is 2.30. The van der Waals surface area contributed by atoms with E-state index in [4.69, 9.17) is 0 Å². The third kappa shape index (κ3) is 5.34. The number of rotatable bonds is 6. The van der Waals surface area contributed by atoms with Gasteiger partial charge in [-0.05, 0) is 30.2 Å². The van der Waals surface area contributed by atoms with Gasteiger partial charge in [0.05, 0.1) is 5.75 Å². The average Bonchev–Trinajstić information content (AvgIpc) is 2.53. The molecule has 4 nitrogen and oxygen atoms in total. The first-order valence-corrected chi connectivity index (χ1v) is 10.5. The monoisotopic (exact) mass is 337 g/mol. The van der Waals surface area contributed by atoms with Crippen molar-refractivity contribution < 1.29 is 13.2 Å². The van der Waals surface area contributed by atoms with Crippen LogP contribution in [0.25, 0.3) is 0 Å². The quantitative estimate of drug-likeness (QED) is 0.802. The zero-order chi connectivity index (χ0) is 16.9. The number of benzene rings is 1. The summed E-state index contributed by atoms with van der Waals surface area (Å²) in [5, 5.41) is 0. The smallest absolute Gasteiger partial charge is 0.222 e. The molecule has 0 aromatic heterocycles. The summed E-state index contributed by atoms with van der Waals surface area (Å²) in [6.07, 6.45) is 4.01. The Morgan fingerprint density at radius 3 is 2.57 bits per heavy atom. The molecule has 0 saturated carbocycles. The van der Waals surface area contributed by atoms with E-state index in [0.717, 1.165) is 25.9 Å². The average molecular weight is 337 g/mol. The first kappa shape index (κ1) is 18.0. The van der Waals surface area contributed by atoms with Gasteiger partial charge in [0.1, 0.15) is 9.84 Å². The number of carbonyl (C=O) groups is 1. The summed E-state index contributed by atoms with van der Waals surface area (Å²) in [4.78, 5) is 14.2. The first-order valence-electron chi connectivity index (χ1n) is 8.41. The van der Waals surface area contributed by atoms with Crippen molar-refractivity contribution >= 4 is 15.7 Å². The molecule has 5 heteroatoms. The van der Waals surface area contributed by atoms with Crippen molar-refractivity contribution in [3.63, 3.8) is 0 Å². The van der Waals surface area contributed by atoms with Crippen LogP contribution in [0.2, 0.25) is 0 Å². The van der Waals surface area contributed by atoms with E-state index in [1.807, 2.05) is 11.0 Å². The van der Waals surface area contributed by atoms with Crippen molar-refractivity contribution in [1.29, 1.82) is 0 Å². The highest BCUT2D eigenvalue weighted by Crippen LogP contribution is 2.35. The molecule has 128 valence electrons. The van der Waals surface area contributed by atoms with Crippen LogP contribution in [0, 0.1) is 5.92 Å². The number of hydrogen-bond acceptors (Lipinski definition) is 3. The van der Waals surface area contributed by atoms with E-state index in [9.17, 15) is 13.2 Å². The Bertz CT molecular complexity index is 612. The molecule has 1 saturated heterocycles. The van der Waals surface area contributed by atoms with Crippen LogP contribution in [0.1, 0.15) is 44.1 Å². The van der Waals surface area contributed by atoms with E-state index in [1.165, 1.54) is 11.8 Å². The van der Waals surface area contributed by atoms with Gasteiger partial charge in [0.15, 0.2) is 0 Å². The van der Waals surface area contributed by atoms with Crippen LogP contribution < -0.4 is 0 Å². The highest BCUT2D eigenvalue weighted by molar-refractivity contribution is 7.90. The zero-order valence-corrected chi connectivity index (χ0v) is 14.9. The van der Waals surface area contributed by atoms with Gasteiger partial charge in [-0.1, -0.05) is 43.7 Å². The SMILES string of the molecule is CC[C@@H]1CN(C(=O)CCCS(C)(=O)=O)CC[C@@H]1c1ccccc1. The Hall–Kier alpha value is -1.36. The molecule has 2 atom stereocenters. The van der Waals surface area contributed by atoms with Crippen molar-refractivity contribution in [2.45, 2.75) is 38.5 Å². The van der Waals surface area contributed by atoms with Crippen LogP contribution in [0.3, 0.4) is 0 Å². The minimum Gasteiger partial charge on any atom is -0.342 e. The maximum atomic E-state index is 12.3. The molecule has 1 amide bonds. The van der Waals surface area contributed by atoms with Gasteiger partial charge in [0.2, 0.25) is 5.91 Å². The van der Waals surface area contributed by atoms with Gasteiger partial charge in [-0.15, -0.1) is 0 Å². The molecule has 1 aromatic carbocycles. The van der Waals surface area contributed by atoms with Crippen molar-refractivity contribution in [3.05, 3.63) is 35.9 Å². The molecule has 2 rings (SSSR count). The largest absolute Gasteiger partial charge is 0.342 e. The summed E-state index contributed by atoms with van der Waals surface area (Å²) < 4.78 is 22.3. The Kier molecular flexibility index (Phi) is 6.22. The minimum absolute atomic E-state index is 0.0937. The molecule has 1 fully saturated rings. The van der Waals surface area contributed by atoms with Crippen molar-refractivity contribution in [2.75, 3.05) is 25.1 Å². The van der Waals surface area contributed by atoms with Crippen LogP contribution in [-0.2, 0) is 14.6 Å². The summed E-state index contributed by atoms with van der Waals surface area (Å²) in [5.41, 5.74) is 1.36. The summed E-state index contributed by atoms with van der Waals surface area (Å²) in [7, 11) is -2.98. The molecular formula is C18H27NO3S. The molecule has 23 heavy (non-hydrogen) atoms. The molecule has 1 aliphatic heterocycles. The minimum atomic E-state index is -2.98. The lowest BCUT2D eigenvalue weighted by Crippen LogP contribution is -2.42. The van der Waals surface area contributed by atoms with E-state index < -0.39 is 9.84 Å². The van der Waals surface area contributed by atoms with Crippen molar-refractivity contribution in [1.82, 2.24) is 4.90 Å². The van der Waals surface area contributed by atoms with E-state index in [1.54, 1.807) is 0 Å². The Labute approximate surface area is 139 Å². The van der Waals surface area contributed by atoms with E-state index in [2.05, 4.69) is 31.2 Å². The van der Waals surface area contributed by atoms with E-state index >= 15 is 0 Å². The second-order valence-corrected chi connectivity index (χ2v) is 8.81. The number of piperidine rings is 1. The highest BCUT2D eigenvalue weighted by atomic mass is 32.2. The second-order valence-electron chi connectivity index (χ2n) is 6.55. The van der Waals surface area contributed by atoms with Gasteiger partial charge in [0, 0.05) is 25.8 Å². The summed E-state index contributed by atoms with van der Waals surface area (Å²) in [6.45, 7) is 3.74. The predicted octanol–water partition coefficient (Wildman–Crippen LogP) is 2.85. The number of hydrogen-bond donors (Lipinski definition) is 0. The lowest BCUT2D eigenvalue weighted by Gasteiger charge is -2.38. The molecule has 0 radical (unpaired) electrons. The van der Waals surface area contributed by atoms with Crippen LogP contribution in [0.4, 0.5) is 0 Å². The maximum Gasteiger partial charge on any atom is 0.222 e. The predicted molar refractivity (Wildman–Crippen MR) is 93.1 cm³/mol. The molecule has 0 aliphatic carbocycles. The lowest BCUT2D eigenvalue weighted by molar-refractivity contribution is -0.133. The summed E-state index contributed by atoms with van der Waals surface area (Å²) in [5.74, 6) is 1.18. The zero-order valence-electron chi connectivity index (χ0n) is 14.1. The summed E-state index contributed by atoms with van der Waals surface area (Å²) in [6, 6.07) is 10.5. The van der Waals surface area contributed by atoms with E-state index in [-0.39, 0.29) is 11.7 Å². The van der Waals surface area contributed by atoms with Gasteiger partial charge in [-0.3, -0.25) is 4.79 Å². The molecule has 1 aliphatic rings. The maximum absolute atomic E-state index is 12.3. The number of likely N-dealkylation sites (tertiary alicyclic amines) is 1. The van der Waals surface area contributed by atoms with Crippen LogP contribution in [0.5, 0.6) is 0 Å². The van der Waals surface area contributed by atoms with Gasteiger partial charge in [0.25, 0.3) is 0 Å². The molecule has 1 aromatic rings. The van der Waals surface area contributed by atoms with Gasteiger partial charge in [-0.25, -0.2) is 8.42 Å². The standard InChI is InChI=1S/C18H27NO3S/c1-3-15-14-19(18(20)10-7-13-23(2,21)22)12-11-17(15)16-8-5-4-6-9-16/h4-6,8-9,15,17H,3,7,10-14H2,1-2H3/t15-,17+/m1/s1. The summed E-state index contributed by atoms with van der Waals surface area (Å²) >= 11 is 0. The van der Waals surface area contributed by atoms with Crippen LogP contribution in [0.15, 0.2) is 30.3 Å². The van der Waals surface area contributed by atoms with Gasteiger partial charge >= 0.3 is 0 Å². The van der Waals surface area contributed by atoms with Gasteiger partial charge < -0.3 is 4.90 Å². The molecule has 0 bridgehead atoms. The van der Waals surface area contributed by atoms with Gasteiger partial charge in [-0.2, -0.15) is 0 Å². The number of carbonyl (C=O) groups excluding carboxylic acids is 1. The number of nitrogens with zero attached hydrogens (tertiary/aromatic N) is 1. The number of amides is 1. The molecule has 0 N–H and O–H groups in total. The van der Waals surface area contributed by atoms with Crippen molar-refractivity contribution in [3.8, 4) is 0 Å². The Morgan fingerprint density at radius 1 is 1.26 bits per heavy atom. The fourth-order valence-electron chi connectivity index (χ4n) is 3.46. The number of sulfone groups is 1. The topological polar surface area (TPSA) is 54.5 Å². The Balaban J connectivity index is 1.92. The van der Waals surface area contributed by atoms with E-state index in [0.29, 0.717) is 24.7 Å². The third-order valence-corrected chi connectivity index (χ3v) is 5.77. The Morgan fingerprint density at radius 2 is 1.96 bits per heavy atom. The molecular weight excluding hydrogens is 310 g/mol. The molecule has 0 unspecified atom stereocenters.